The highest BCUT2D eigenvalue weighted by molar-refractivity contribution is 6.35. The second-order valence-electron chi connectivity index (χ2n) is 12.4. The molecule has 1 aromatic heterocycles. The van der Waals surface area contributed by atoms with Crippen LogP contribution in [0, 0.1) is 5.92 Å². The van der Waals surface area contributed by atoms with Gasteiger partial charge in [-0.1, -0.05) is 71.7 Å². The lowest BCUT2D eigenvalue weighted by Gasteiger charge is -2.44. The lowest BCUT2D eigenvalue weighted by molar-refractivity contribution is -0.377. The lowest BCUT2D eigenvalue weighted by Crippen LogP contribution is -2.52. The first-order valence-electron chi connectivity index (χ1n) is 16.4. The SMILES string of the molecule is COc1ccc([C@H](Cc2c(Cl)c[nH+]cc2Cl)OC(=O)c2cccc(CNC(C(=O)O[C@H]3CN4CCC3CC4)c3ccccc3)c2)cc1OC.[OH-]. The van der Waals surface area contributed by atoms with Crippen molar-refractivity contribution < 1.29 is 39.0 Å². The maximum atomic E-state index is 13.7. The Morgan fingerprint density at radius 3 is 2.28 bits per heavy atom. The summed E-state index contributed by atoms with van der Waals surface area (Å²) in [5.74, 6) is 0.617. The number of piperidine rings is 3. The smallest absolute Gasteiger partial charge is 0.338 e. The van der Waals surface area contributed by atoms with E-state index in [1.54, 1.807) is 56.9 Å². The summed E-state index contributed by atoms with van der Waals surface area (Å²) in [5, 5.41) is 4.23. The molecule has 10 nitrogen and oxygen atoms in total. The molecule has 0 amide bonds. The molecule has 2 bridgehead atoms. The number of methoxy groups -OCH3 is 2. The van der Waals surface area contributed by atoms with Crippen molar-refractivity contribution in [3.8, 4) is 11.5 Å². The molecule has 12 heteroatoms. The van der Waals surface area contributed by atoms with Crippen molar-refractivity contribution in [3.05, 3.63) is 123 Å². The average Bonchev–Trinajstić information content (AvgIpc) is 3.13. The Hall–Kier alpha value is -4.19. The highest BCUT2D eigenvalue weighted by Crippen LogP contribution is 2.36. The van der Waals surface area contributed by atoms with Crippen molar-refractivity contribution in [1.82, 2.24) is 10.2 Å². The highest BCUT2D eigenvalue weighted by Gasteiger charge is 2.38. The van der Waals surface area contributed by atoms with Gasteiger partial charge in [-0.25, -0.2) is 14.6 Å². The van der Waals surface area contributed by atoms with Crippen molar-refractivity contribution in [3.63, 3.8) is 0 Å². The largest absolute Gasteiger partial charge is 0.870 e. The monoisotopic (exact) mass is 721 g/mol. The first-order chi connectivity index (χ1) is 23.8. The van der Waals surface area contributed by atoms with Crippen molar-refractivity contribution in [2.45, 2.75) is 44.1 Å². The quantitative estimate of drug-likeness (QED) is 0.159. The standard InChI is InChI=1S/C38H39Cl2N3O6.H2O/c1-46-32-12-11-27(18-34(32)47-2)33(19-29-30(39)21-41-22-31(29)40)48-37(44)28-10-6-7-24(17-28)20-42-36(26-8-4-3-5-9-26)38(45)49-35-23-43-15-13-25(35)14-16-43;/h3-12,17-18,21-22,25,33,35-36,42H,13-16,19-20,23H2,1-2H3;1H2/t33-,35-,36?;/m0./s1. The number of carbonyl (C=O) groups is 2. The van der Waals surface area contributed by atoms with Crippen molar-refractivity contribution in [2.75, 3.05) is 33.9 Å². The van der Waals surface area contributed by atoms with E-state index in [1.807, 2.05) is 42.5 Å². The fraction of sp³-hybridized carbons (Fsp3) is 0.342. The first kappa shape index (κ1) is 37.1. The van der Waals surface area contributed by atoms with E-state index in [1.165, 1.54) is 0 Å². The van der Waals surface area contributed by atoms with E-state index in [0.29, 0.717) is 50.7 Å². The van der Waals surface area contributed by atoms with E-state index < -0.39 is 18.1 Å². The van der Waals surface area contributed by atoms with Gasteiger partial charge in [0.05, 0.1) is 19.8 Å². The number of nitrogens with one attached hydrogen (secondary N) is 2. The minimum Gasteiger partial charge on any atom is -0.870 e. The third-order valence-corrected chi connectivity index (χ3v) is 9.99. The summed E-state index contributed by atoms with van der Waals surface area (Å²) in [6.45, 7) is 3.24. The number of ether oxygens (including phenoxy) is 4. The molecule has 3 fully saturated rings. The molecule has 3 aliphatic heterocycles. The van der Waals surface area contributed by atoms with Crippen LogP contribution in [0.2, 0.25) is 10.0 Å². The fourth-order valence-corrected chi connectivity index (χ4v) is 7.14. The van der Waals surface area contributed by atoms with Gasteiger partial charge in [0.15, 0.2) is 23.9 Å². The molecular weight excluding hydrogens is 681 g/mol. The Labute approximate surface area is 301 Å². The topological polar surface area (TPSA) is 130 Å². The minimum atomic E-state index is -0.755. The molecule has 50 heavy (non-hydrogen) atoms. The van der Waals surface area contributed by atoms with Gasteiger partial charge >= 0.3 is 11.9 Å². The Kier molecular flexibility index (Phi) is 12.7. The van der Waals surface area contributed by atoms with E-state index in [4.69, 9.17) is 42.1 Å². The number of benzene rings is 3. The number of nitrogens with zero attached hydrogens (tertiary/aromatic N) is 1. The normalized spacial score (nSPS) is 19.1. The molecule has 3 saturated heterocycles. The number of fused-ring (bicyclic) bond motifs is 3. The summed E-state index contributed by atoms with van der Waals surface area (Å²) in [4.78, 5) is 32.6. The van der Waals surface area contributed by atoms with Gasteiger partial charge < -0.3 is 24.4 Å². The highest BCUT2D eigenvalue weighted by atomic mass is 35.5. The predicted molar refractivity (Wildman–Crippen MR) is 188 cm³/mol. The Balaban J connectivity index is 0.00000486. The molecule has 7 rings (SSSR count). The molecule has 3 aliphatic rings. The Morgan fingerprint density at radius 1 is 0.900 bits per heavy atom. The van der Waals surface area contributed by atoms with Crippen LogP contribution in [0.15, 0.2) is 85.2 Å². The van der Waals surface area contributed by atoms with Crippen molar-refractivity contribution >= 4 is 35.1 Å². The molecule has 264 valence electrons. The fourth-order valence-electron chi connectivity index (χ4n) is 6.61. The molecule has 1 unspecified atom stereocenters. The molecule has 3 atom stereocenters. The van der Waals surface area contributed by atoms with Gasteiger partial charge in [-0.05, 0) is 72.8 Å². The number of halogens is 2. The van der Waals surface area contributed by atoms with E-state index in [9.17, 15) is 9.59 Å². The van der Waals surface area contributed by atoms with Crippen LogP contribution in [0.25, 0.3) is 0 Å². The zero-order valence-electron chi connectivity index (χ0n) is 27.9. The van der Waals surface area contributed by atoms with Crippen LogP contribution in [0.4, 0.5) is 0 Å². The van der Waals surface area contributed by atoms with E-state index in [-0.39, 0.29) is 24.0 Å². The summed E-state index contributed by atoms with van der Waals surface area (Å²) >= 11 is 13.0. The van der Waals surface area contributed by atoms with Gasteiger partial charge in [0.1, 0.15) is 28.3 Å². The molecule has 4 aromatic rings. The number of hydrogen-bond donors (Lipinski definition) is 1. The Morgan fingerprint density at radius 2 is 1.62 bits per heavy atom. The molecule has 0 spiro atoms. The molecule has 0 aliphatic carbocycles. The third-order valence-electron chi connectivity index (χ3n) is 9.32. The molecule has 3 aromatic carbocycles. The molecule has 3 N–H and O–H groups in total. The number of carbonyl (C=O) groups excluding carboxylic acids is 2. The summed E-state index contributed by atoms with van der Waals surface area (Å²) in [7, 11) is 3.10. The first-order valence-corrected chi connectivity index (χ1v) is 17.2. The van der Waals surface area contributed by atoms with Gasteiger partial charge in [0.25, 0.3) is 0 Å². The van der Waals surface area contributed by atoms with Crippen LogP contribution in [0.3, 0.4) is 0 Å². The van der Waals surface area contributed by atoms with Crippen LogP contribution < -0.4 is 19.8 Å². The minimum absolute atomic E-state index is 0. The second kappa shape index (κ2) is 17.2. The zero-order valence-corrected chi connectivity index (χ0v) is 29.5. The van der Waals surface area contributed by atoms with E-state index in [0.717, 1.165) is 43.6 Å². The summed E-state index contributed by atoms with van der Waals surface area (Å²) in [5.41, 5.74) is 3.28. The Bertz CT molecular complexity index is 1750. The van der Waals surface area contributed by atoms with Crippen molar-refractivity contribution in [2.24, 2.45) is 5.92 Å². The van der Waals surface area contributed by atoms with Gasteiger partial charge in [-0.3, -0.25) is 10.2 Å². The van der Waals surface area contributed by atoms with Crippen molar-refractivity contribution in [1.29, 1.82) is 0 Å². The van der Waals surface area contributed by atoms with Gasteiger partial charge in [-0.15, -0.1) is 0 Å². The van der Waals surface area contributed by atoms with E-state index >= 15 is 0 Å². The molecule has 4 heterocycles. The number of esters is 2. The maximum Gasteiger partial charge on any atom is 0.338 e. The van der Waals surface area contributed by atoms with Crippen LogP contribution in [0.5, 0.6) is 11.5 Å². The maximum absolute atomic E-state index is 13.7. The molecule has 0 saturated carbocycles. The second-order valence-corrected chi connectivity index (χ2v) is 13.2. The van der Waals surface area contributed by atoms with E-state index in [2.05, 4.69) is 15.2 Å². The van der Waals surface area contributed by atoms with Crippen LogP contribution in [-0.4, -0.2) is 62.3 Å². The zero-order chi connectivity index (χ0) is 34.3. The van der Waals surface area contributed by atoms with Crippen LogP contribution >= 0.6 is 23.2 Å². The van der Waals surface area contributed by atoms with Crippen LogP contribution in [0.1, 0.15) is 57.6 Å². The molecule has 0 radical (unpaired) electrons. The average molecular weight is 723 g/mol. The summed E-state index contributed by atoms with van der Waals surface area (Å²) in [6.07, 6.45) is 4.73. The third kappa shape index (κ3) is 8.75. The number of aromatic amines is 1. The summed E-state index contributed by atoms with van der Waals surface area (Å²) in [6, 6.07) is 21.4. The van der Waals surface area contributed by atoms with Gasteiger partial charge in [-0.2, -0.15) is 0 Å². The number of aromatic nitrogens is 1. The number of pyridine rings is 1. The van der Waals surface area contributed by atoms with Gasteiger partial charge in [0.2, 0.25) is 0 Å². The van der Waals surface area contributed by atoms with Crippen LogP contribution in [-0.2, 0) is 27.2 Å². The molecular formula is C38H41Cl2N3O7. The number of hydrogen-bond acceptors (Lipinski definition) is 9. The lowest BCUT2D eigenvalue weighted by atomic mass is 9.86. The summed E-state index contributed by atoms with van der Waals surface area (Å²) < 4.78 is 23.2. The van der Waals surface area contributed by atoms with Gasteiger partial charge in [0, 0.05) is 25.1 Å². The number of H-pyrrole nitrogens is 1. The number of rotatable bonds is 13. The predicted octanol–water partition coefficient (Wildman–Crippen LogP) is 6.26.